The molecule has 0 bridgehead atoms. The van der Waals surface area contributed by atoms with Crippen molar-refractivity contribution in [3.05, 3.63) is 71.5 Å². The predicted octanol–water partition coefficient (Wildman–Crippen LogP) is 2.89. The fraction of sp³-hybridized carbons (Fsp3) is 0.316. The van der Waals surface area contributed by atoms with E-state index in [4.69, 9.17) is 4.74 Å². The Hall–Kier alpha value is -2.24. The minimum absolute atomic E-state index is 0.0233. The third-order valence-corrected chi connectivity index (χ3v) is 4.25. The van der Waals surface area contributed by atoms with Crippen molar-refractivity contribution in [1.82, 2.24) is 10.4 Å². The normalized spacial score (nSPS) is 20.6. The van der Waals surface area contributed by atoms with Crippen LogP contribution in [0.1, 0.15) is 18.1 Å². The van der Waals surface area contributed by atoms with Gasteiger partial charge >= 0.3 is 0 Å². The van der Waals surface area contributed by atoms with Crippen molar-refractivity contribution in [3.63, 3.8) is 0 Å². The van der Waals surface area contributed by atoms with Crippen LogP contribution in [0.25, 0.3) is 0 Å². The van der Waals surface area contributed by atoms with Gasteiger partial charge in [0.05, 0.1) is 25.2 Å². The van der Waals surface area contributed by atoms with Gasteiger partial charge in [0.1, 0.15) is 5.82 Å². The first-order valence-electron chi connectivity index (χ1n) is 8.08. The van der Waals surface area contributed by atoms with E-state index in [0.29, 0.717) is 19.7 Å². The van der Waals surface area contributed by atoms with Crippen molar-refractivity contribution < 1.29 is 13.9 Å². The molecule has 0 spiro atoms. The van der Waals surface area contributed by atoms with Crippen LogP contribution < -0.4 is 5.43 Å². The van der Waals surface area contributed by atoms with Crippen LogP contribution in [0.4, 0.5) is 4.39 Å². The molecule has 24 heavy (non-hydrogen) atoms. The molecule has 3 rings (SSSR count). The summed E-state index contributed by atoms with van der Waals surface area (Å²) in [5, 5.41) is 1.62. The molecule has 1 aliphatic rings. The lowest BCUT2D eigenvalue weighted by Gasteiger charge is -2.18. The average molecular weight is 328 g/mol. The molecule has 1 amide bonds. The molecule has 1 N–H and O–H groups in total. The Labute approximate surface area is 141 Å². The molecule has 2 unspecified atom stereocenters. The smallest absolute Gasteiger partial charge is 0.242 e. The van der Waals surface area contributed by atoms with Gasteiger partial charge in [-0.1, -0.05) is 49.4 Å². The Morgan fingerprint density at radius 2 is 1.92 bits per heavy atom. The number of carbonyl (C=O) groups excluding carboxylic acids is 1. The molecule has 1 heterocycles. The Balaban J connectivity index is 1.53. The molecular formula is C19H21FN2O2. The highest BCUT2D eigenvalue weighted by atomic mass is 19.1. The van der Waals surface area contributed by atoms with Gasteiger partial charge in [-0.25, -0.2) is 9.82 Å². The van der Waals surface area contributed by atoms with Crippen LogP contribution in [-0.4, -0.2) is 23.6 Å². The minimum Gasteiger partial charge on any atom is -0.371 e. The van der Waals surface area contributed by atoms with Gasteiger partial charge in [-0.3, -0.25) is 9.80 Å². The number of ether oxygens (including phenoxy) is 1. The number of halogens is 1. The molecule has 4 nitrogen and oxygen atoms in total. The van der Waals surface area contributed by atoms with Crippen LogP contribution in [0.3, 0.4) is 0 Å². The Morgan fingerprint density at radius 1 is 1.17 bits per heavy atom. The maximum atomic E-state index is 13.2. The third kappa shape index (κ3) is 3.99. The van der Waals surface area contributed by atoms with Crippen LogP contribution in [-0.2, 0) is 22.7 Å². The molecule has 126 valence electrons. The Bertz CT molecular complexity index is 693. The molecule has 1 fully saturated rings. The maximum absolute atomic E-state index is 13.2. The van der Waals surface area contributed by atoms with Crippen molar-refractivity contribution in [2.45, 2.75) is 26.2 Å². The fourth-order valence-electron chi connectivity index (χ4n) is 2.78. The van der Waals surface area contributed by atoms with E-state index in [-0.39, 0.29) is 23.7 Å². The number of benzene rings is 2. The van der Waals surface area contributed by atoms with Gasteiger partial charge in [-0.2, -0.15) is 0 Å². The van der Waals surface area contributed by atoms with E-state index < -0.39 is 0 Å². The molecule has 2 aromatic carbocycles. The molecule has 0 aromatic heterocycles. The van der Waals surface area contributed by atoms with Gasteiger partial charge in [0.2, 0.25) is 5.91 Å². The molecule has 1 aliphatic heterocycles. The Kier molecular flexibility index (Phi) is 5.23. The number of rotatable bonds is 6. The van der Waals surface area contributed by atoms with E-state index in [9.17, 15) is 9.18 Å². The minimum atomic E-state index is -0.280. The number of hydrazine groups is 1. The lowest BCUT2D eigenvalue weighted by molar-refractivity contribution is -0.133. The molecule has 0 aliphatic carbocycles. The molecular weight excluding hydrogens is 307 g/mol. The Morgan fingerprint density at radius 3 is 2.67 bits per heavy atom. The average Bonchev–Trinajstić information content (AvgIpc) is 2.87. The van der Waals surface area contributed by atoms with E-state index in [1.807, 2.05) is 43.3 Å². The summed E-state index contributed by atoms with van der Waals surface area (Å²) < 4.78 is 19.0. The second-order valence-corrected chi connectivity index (χ2v) is 6.04. The van der Waals surface area contributed by atoms with Crippen molar-refractivity contribution in [3.8, 4) is 0 Å². The van der Waals surface area contributed by atoms with Crippen molar-refractivity contribution in [1.29, 1.82) is 0 Å². The van der Waals surface area contributed by atoms with E-state index >= 15 is 0 Å². The highest BCUT2D eigenvalue weighted by Gasteiger charge is 2.38. The first-order chi connectivity index (χ1) is 11.6. The fourth-order valence-corrected chi connectivity index (χ4v) is 2.78. The summed E-state index contributed by atoms with van der Waals surface area (Å²) in [6.07, 6.45) is -0.205. The van der Waals surface area contributed by atoms with E-state index in [1.54, 1.807) is 11.1 Å². The van der Waals surface area contributed by atoms with Gasteiger partial charge in [-0.05, 0) is 23.3 Å². The zero-order valence-corrected chi connectivity index (χ0v) is 13.6. The van der Waals surface area contributed by atoms with Gasteiger partial charge in [0, 0.05) is 6.54 Å². The highest BCUT2D eigenvalue weighted by Crippen LogP contribution is 2.21. The predicted molar refractivity (Wildman–Crippen MR) is 89.1 cm³/mol. The van der Waals surface area contributed by atoms with Crippen molar-refractivity contribution >= 4 is 5.91 Å². The van der Waals surface area contributed by atoms with Crippen LogP contribution in [0.15, 0.2) is 54.6 Å². The molecule has 0 radical (unpaired) electrons. The lowest BCUT2D eigenvalue weighted by Crippen LogP contribution is -2.39. The number of amides is 1. The SMILES string of the molecule is CC1C(=O)N(NCc2ccccc2)CC1OCc1cccc(F)c1. The number of hydrogen-bond acceptors (Lipinski definition) is 3. The molecule has 0 saturated carbocycles. The lowest BCUT2D eigenvalue weighted by atomic mass is 10.1. The summed E-state index contributed by atoms with van der Waals surface area (Å²) in [7, 11) is 0. The molecule has 2 aromatic rings. The molecule has 5 heteroatoms. The largest absolute Gasteiger partial charge is 0.371 e. The first kappa shape index (κ1) is 16.6. The standard InChI is InChI=1S/C19H21FN2O2/c1-14-18(24-13-16-8-5-9-17(20)10-16)12-22(19(14)23)21-11-15-6-3-2-4-7-15/h2-10,14,18,21H,11-13H2,1H3. The summed E-state index contributed by atoms with van der Waals surface area (Å²) in [4.78, 5) is 12.3. The highest BCUT2D eigenvalue weighted by molar-refractivity contribution is 5.81. The van der Waals surface area contributed by atoms with Gasteiger partial charge in [0.15, 0.2) is 0 Å². The van der Waals surface area contributed by atoms with E-state index in [2.05, 4.69) is 5.43 Å². The van der Waals surface area contributed by atoms with Crippen LogP contribution in [0.5, 0.6) is 0 Å². The number of hydrogen-bond donors (Lipinski definition) is 1. The number of nitrogens with zero attached hydrogens (tertiary/aromatic N) is 1. The van der Waals surface area contributed by atoms with Crippen LogP contribution >= 0.6 is 0 Å². The summed E-state index contributed by atoms with van der Waals surface area (Å²) in [6.45, 7) is 3.24. The van der Waals surface area contributed by atoms with Gasteiger partial charge < -0.3 is 4.74 Å². The second-order valence-electron chi connectivity index (χ2n) is 6.04. The third-order valence-electron chi connectivity index (χ3n) is 4.25. The summed E-state index contributed by atoms with van der Waals surface area (Å²) in [5.41, 5.74) is 5.04. The zero-order valence-electron chi connectivity index (χ0n) is 13.6. The van der Waals surface area contributed by atoms with E-state index in [0.717, 1.165) is 11.1 Å². The maximum Gasteiger partial charge on any atom is 0.242 e. The molecule has 1 saturated heterocycles. The second kappa shape index (κ2) is 7.55. The summed E-state index contributed by atoms with van der Waals surface area (Å²) in [5.74, 6) is -0.477. The summed E-state index contributed by atoms with van der Waals surface area (Å²) in [6, 6.07) is 16.2. The van der Waals surface area contributed by atoms with Crippen LogP contribution in [0, 0.1) is 11.7 Å². The quantitative estimate of drug-likeness (QED) is 0.886. The topological polar surface area (TPSA) is 41.6 Å². The number of carbonyl (C=O) groups is 1. The van der Waals surface area contributed by atoms with Crippen molar-refractivity contribution in [2.75, 3.05) is 6.54 Å². The van der Waals surface area contributed by atoms with Crippen molar-refractivity contribution in [2.24, 2.45) is 5.92 Å². The van der Waals surface area contributed by atoms with E-state index in [1.165, 1.54) is 12.1 Å². The monoisotopic (exact) mass is 328 g/mol. The van der Waals surface area contributed by atoms with Gasteiger partial charge in [0.25, 0.3) is 0 Å². The van der Waals surface area contributed by atoms with Crippen LogP contribution in [0.2, 0.25) is 0 Å². The first-order valence-corrected chi connectivity index (χ1v) is 8.08. The summed E-state index contributed by atoms with van der Waals surface area (Å²) >= 11 is 0. The zero-order chi connectivity index (χ0) is 16.9. The van der Waals surface area contributed by atoms with Gasteiger partial charge in [-0.15, -0.1) is 0 Å². The molecule has 2 atom stereocenters. The number of nitrogens with one attached hydrogen (secondary N) is 1.